The Hall–Kier alpha value is -6.71. The topological polar surface area (TPSA) is 38.7 Å². The lowest BCUT2D eigenvalue weighted by molar-refractivity contribution is 1.32. The molecule has 0 radical (unpaired) electrons. The maximum atomic E-state index is 5.29. The molecule has 9 rings (SSSR count). The normalized spacial score (nSPS) is 11.2. The molecule has 0 bridgehead atoms. The van der Waals surface area contributed by atoms with Gasteiger partial charge in [-0.3, -0.25) is 9.97 Å². The summed E-state index contributed by atoms with van der Waals surface area (Å²) in [4.78, 5) is 14.1. The Kier molecular flexibility index (Phi) is 7.49. The van der Waals surface area contributed by atoms with Gasteiger partial charge < -0.3 is 0 Å². The number of nitrogens with zero attached hydrogens (tertiary/aromatic N) is 3. The average Bonchev–Trinajstić information content (AvgIpc) is 3.21. The number of hydrogen-bond donors (Lipinski definition) is 0. The van der Waals surface area contributed by atoms with E-state index >= 15 is 0 Å². The first-order valence-corrected chi connectivity index (χ1v) is 16.8. The van der Waals surface area contributed by atoms with Crippen molar-refractivity contribution < 1.29 is 0 Å². The number of aromatic nitrogens is 3. The number of hydrogen-bond acceptors (Lipinski definition) is 3. The summed E-state index contributed by atoms with van der Waals surface area (Å²) in [7, 11) is 0. The van der Waals surface area contributed by atoms with Gasteiger partial charge in [-0.2, -0.15) is 0 Å². The standard InChI is InChI=1S/C47H31N3/c1-3-9-32(10-4-1)36-19-21-43-37(25-36)20-22-44-45(29-46(50-47(43)44)35-11-5-2-6-12-35)34-17-15-33(16-18-34)40-26-41(38-13-7-23-48-30-38)28-42(27-40)39-14-8-24-49-31-39/h1-31H. The molecular formula is C47H31N3. The van der Waals surface area contributed by atoms with E-state index in [1.165, 1.54) is 16.5 Å². The Balaban J connectivity index is 1.18. The molecule has 0 amide bonds. The molecule has 0 atom stereocenters. The lowest BCUT2D eigenvalue weighted by Crippen LogP contribution is -1.92. The number of fused-ring (bicyclic) bond motifs is 3. The van der Waals surface area contributed by atoms with Crippen molar-refractivity contribution in [1.29, 1.82) is 0 Å². The van der Waals surface area contributed by atoms with Gasteiger partial charge in [-0.05, 0) is 92.4 Å². The van der Waals surface area contributed by atoms with E-state index in [1.807, 2.05) is 43.0 Å². The summed E-state index contributed by atoms with van der Waals surface area (Å²) in [6.07, 6.45) is 7.45. The minimum Gasteiger partial charge on any atom is -0.264 e. The Labute approximate surface area is 291 Å². The first-order valence-electron chi connectivity index (χ1n) is 16.8. The van der Waals surface area contributed by atoms with Crippen LogP contribution in [0.5, 0.6) is 0 Å². The Bertz CT molecular complexity index is 2540. The molecule has 234 valence electrons. The van der Waals surface area contributed by atoms with Crippen molar-refractivity contribution in [3.8, 4) is 66.9 Å². The molecule has 0 saturated heterocycles. The Morgan fingerprint density at radius 1 is 0.320 bits per heavy atom. The molecule has 0 N–H and O–H groups in total. The highest BCUT2D eigenvalue weighted by molar-refractivity contribution is 6.11. The van der Waals surface area contributed by atoms with E-state index in [1.54, 1.807) is 0 Å². The van der Waals surface area contributed by atoms with Gasteiger partial charge in [0, 0.05) is 52.3 Å². The van der Waals surface area contributed by atoms with Crippen LogP contribution in [-0.2, 0) is 0 Å². The molecule has 3 heterocycles. The highest BCUT2D eigenvalue weighted by atomic mass is 14.7. The average molecular weight is 638 g/mol. The molecule has 0 fully saturated rings. The van der Waals surface area contributed by atoms with Gasteiger partial charge in [0.05, 0.1) is 11.2 Å². The quantitative estimate of drug-likeness (QED) is 0.170. The molecule has 3 aromatic heterocycles. The Morgan fingerprint density at radius 2 is 0.840 bits per heavy atom. The van der Waals surface area contributed by atoms with Crippen LogP contribution < -0.4 is 0 Å². The zero-order chi connectivity index (χ0) is 33.3. The second-order valence-electron chi connectivity index (χ2n) is 12.5. The van der Waals surface area contributed by atoms with E-state index in [2.05, 4.69) is 156 Å². The lowest BCUT2D eigenvalue weighted by atomic mass is 9.92. The second-order valence-corrected chi connectivity index (χ2v) is 12.5. The highest BCUT2D eigenvalue weighted by Crippen LogP contribution is 2.38. The summed E-state index contributed by atoms with van der Waals surface area (Å²) in [6, 6.07) is 58.2. The van der Waals surface area contributed by atoms with E-state index in [9.17, 15) is 0 Å². The third kappa shape index (κ3) is 5.61. The van der Waals surface area contributed by atoms with Gasteiger partial charge in [0.25, 0.3) is 0 Å². The fraction of sp³-hybridized carbons (Fsp3) is 0. The fourth-order valence-electron chi connectivity index (χ4n) is 6.86. The van der Waals surface area contributed by atoms with Gasteiger partial charge in [-0.25, -0.2) is 4.98 Å². The summed E-state index contributed by atoms with van der Waals surface area (Å²) in [6.45, 7) is 0. The molecule has 3 heteroatoms. The third-order valence-electron chi connectivity index (χ3n) is 9.42. The maximum Gasteiger partial charge on any atom is 0.0794 e. The van der Waals surface area contributed by atoms with Crippen LogP contribution in [0.25, 0.3) is 88.6 Å². The van der Waals surface area contributed by atoms with Gasteiger partial charge in [0.15, 0.2) is 0 Å². The fourth-order valence-corrected chi connectivity index (χ4v) is 6.86. The zero-order valence-corrected chi connectivity index (χ0v) is 27.2. The lowest BCUT2D eigenvalue weighted by Gasteiger charge is -2.14. The van der Waals surface area contributed by atoms with E-state index in [0.717, 1.165) is 72.1 Å². The van der Waals surface area contributed by atoms with Crippen LogP contribution in [-0.4, -0.2) is 15.0 Å². The van der Waals surface area contributed by atoms with E-state index in [-0.39, 0.29) is 0 Å². The second kappa shape index (κ2) is 12.7. The van der Waals surface area contributed by atoms with Crippen LogP contribution in [0.15, 0.2) is 189 Å². The molecule has 0 unspecified atom stereocenters. The van der Waals surface area contributed by atoms with Crippen molar-refractivity contribution in [3.05, 3.63) is 189 Å². The van der Waals surface area contributed by atoms with Gasteiger partial charge >= 0.3 is 0 Å². The van der Waals surface area contributed by atoms with E-state index in [0.29, 0.717) is 0 Å². The van der Waals surface area contributed by atoms with Crippen molar-refractivity contribution in [2.75, 3.05) is 0 Å². The van der Waals surface area contributed by atoms with Crippen LogP contribution in [0.2, 0.25) is 0 Å². The molecule has 0 aliphatic heterocycles. The van der Waals surface area contributed by atoms with Gasteiger partial charge in [0.2, 0.25) is 0 Å². The number of pyridine rings is 3. The van der Waals surface area contributed by atoms with Crippen molar-refractivity contribution >= 4 is 21.7 Å². The van der Waals surface area contributed by atoms with Crippen molar-refractivity contribution in [2.45, 2.75) is 0 Å². The smallest absolute Gasteiger partial charge is 0.0794 e. The van der Waals surface area contributed by atoms with Crippen LogP contribution >= 0.6 is 0 Å². The first-order chi connectivity index (χ1) is 24.8. The van der Waals surface area contributed by atoms with Crippen molar-refractivity contribution in [1.82, 2.24) is 15.0 Å². The van der Waals surface area contributed by atoms with Crippen molar-refractivity contribution in [2.24, 2.45) is 0 Å². The molecule has 0 saturated carbocycles. The first kappa shape index (κ1) is 29.4. The van der Waals surface area contributed by atoms with E-state index in [4.69, 9.17) is 4.98 Å². The van der Waals surface area contributed by atoms with Crippen molar-refractivity contribution in [3.63, 3.8) is 0 Å². The maximum absolute atomic E-state index is 5.29. The van der Waals surface area contributed by atoms with Gasteiger partial charge in [-0.15, -0.1) is 0 Å². The van der Waals surface area contributed by atoms with Crippen LogP contribution in [0.4, 0.5) is 0 Å². The number of rotatable bonds is 6. The molecule has 6 aromatic carbocycles. The number of benzene rings is 6. The van der Waals surface area contributed by atoms with E-state index < -0.39 is 0 Å². The zero-order valence-electron chi connectivity index (χ0n) is 27.2. The van der Waals surface area contributed by atoms with Crippen LogP contribution in [0.3, 0.4) is 0 Å². The van der Waals surface area contributed by atoms with Gasteiger partial charge in [0.1, 0.15) is 0 Å². The SMILES string of the molecule is c1ccc(-c2ccc3c(ccc4c(-c5ccc(-c6cc(-c7cccnc7)cc(-c7cccnc7)c6)cc5)cc(-c5ccccc5)nc43)c2)cc1. The van der Waals surface area contributed by atoms with Crippen LogP contribution in [0, 0.1) is 0 Å². The summed E-state index contributed by atoms with van der Waals surface area (Å²) in [5.41, 5.74) is 14.5. The monoisotopic (exact) mass is 637 g/mol. The minimum absolute atomic E-state index is 0.960. The highest BCUT2D eigenvalue weighted by Gasteiger charge is 2.14. The molecular weight excluding hydrogens is 607 g/mol. The molecule has 3 nitrogen and oxygen atoms in total. The summed E-state index contributed by atoms with van der Waals surface area (Å²) < 4.78 is 0. The summed E-state index contributed by atoms with van der Waals surface area (Å²) >= 11 is 0. The summed E-state index contributed by atoms with van der Waals surface area (Å²) in [5.74, 6) is 0. The molecule has 0 aliphatic rings. The predicted octanol–water partition coefficient (Wildman–Crippen LogP) is 12.2. The predicted molar refractivity (Wildman–Crippen MR) is 207 cm³/mol. The Morgan fingerprint density at radius 3 is 1.46 bits per heavy atom. The minimum atomic E-state index is 0.960. The molecule has 9 aromatic rings. The largest absolute Gasteiger partial charge is 0.264 e. The van der Waals surface area contributed by atoms with Crippen LogP contribution in [0.1, 0.15) is 0 Å². The molecule has 50 heavy (non-hydrogen) atoms. The van der Waals surface area contributed by atoms with Gasteiger partial charge in [-0.1, -0.05) is 121 Å². The summed E-state index contributed by atoms with van der Waals surface area (Å²) in [5, 5.41) is 3.46. The molecule has 0 spiro atoms. The molecule has 0 aliphatic carbocycles. The third-order valence-corrected chi connectivity index (χ3v) is 9.42.